The zero-order chi connectivity index (χ0) is 24.7. The number of hydrogen-bond acceptors (Lipinski definition) is 4. The van der Waals surface area contributed by atoms with Crippen molar-refractivity contribution < 1.29 is 33.0 Å². The third-order valence-corrected chi connectivity index (χ3v) is 7.47. The Morgan fingerprint density at radius 2 is 1.71 bits per heavy atom. The van der Waals surface area contributed by atoms with Crippen LogP contribution in [0.4, 0.5) is 13.6 Å². The third-order valence-electron chi connectivity index (χ3n) is 7.47. The van der Waals surface area contributed by atoms with Crippen molar-refractivity contribution in [1.29, 1.82) is 0 Å². The van der Waals surface area contributed by atoms with Gasteiger partial charge in [0.1, 0.15) is 18.2 Å². The van der Waals surface area contributed by atoms with Gasteiger partial charge < -0.3 is 20.1 Å². The number of piperidine rings is 1. The van der Waals surface area contributed by atoms with Gasteiger partial charge in [-0.1, -0.05) is 48.5 Å². The summed E-state index contributed by atoms with van der Waals surface area (Å²) in [5, 5.41) is 12.0. The van der Waals surface area contributed by atoms with Crippen LogP contribution in [-0.2, 0) is 14.3 Å². The lowest BCUT2D eigenvalue weighted by Gasteiger charge is -2.36. The lowest BCUT2D eigenvalue weighted by molar-refractivity contribution is -0.155. The molecule has 0 aromatic heterocycles. The topological polar surface area (TPSA) is 95.9 Å². The largest absolute Gasteiger partial charge is 0.479 e. The van der Waals surface area contributed by atoms with E-state index in [0.29, 0.717) is 19.3 Å². The molecule has 3 atom stereocenters. The van der Waals surface area contributed by atoms with Crippen LogP contribution in [0.25, 0.3) is 11.1 Å². The second kappa shape index (κ2) is 8.94. The Morgan fingerprint density at radius 3 is 2.31 bits per heavy atom. The summed E-state index contributed by atoms with van der Waals surface area (Å²) in [5.74, 6) is -2.34. The van der Waals surface area contributed by atoms with E-state index in [0.717, 1.165) is 22.3 Å². The van der Waals surface area contributed by atoms with Crippen molar-refractivity contribution in [3.05, 3.63) is 59.7 Å². The van der Waals surface area contributed by atoms with Crippen molar-refractivity contribution in [3.8, 4) is 11.1 Å². The summed E-state index contributed by atoms with van der Waals surface area (Å²) >= 11 is 0. The first-order valence-corrected chi connectivity index (χ1v) is 11.8. The fourth-order valence-corrected chi connectivity index (χ4v) is 5.74. The number of hydrogen-bond donors (Lipinski definition) is 2. The van der Waals surface area contributed by atoms with Gasteiger partial charge in [0.25, 0.3) is 0 Å². The molecule has 2 aromatic carbocycles. The highest BCUT2D eigenvalue weighted by Crippen LogP contribution is 2.54. The standard InChI is InChI=1S/C26H26F2N2O5/c27-22(28)12-21(23(31)30-11-5-6-15-13-26(15,30)24(32)33)29-25(34)35-14-20-18-9-3-1-7-16(18)17-8-2-4-10-19(17)20/h1-4,7-10,15,20-22H,5-6,11-14H2,(H,29,34)(H,32,33). The maximum atomic E-state index is 13.3. The fourth-order valence-electron chi connectivity index (χ4n) is 5.74. The Balaban J connectivity index is 1.29. The van der Waals surface area contributed by atoms with Gasteiger partial charge in [0.15, 0.2) is 0 Å². The van der Waals surface area contributed by atoms with Crippen LogP contribution in [0.5, 0.6) is 0 Å². The highest BCUT2D eigenvalue weighted by atomic mass is 19.3. The number of carboxylic acid groups (broad SMARTS) is 1. The first-order chi connectivity index (χ1) is 16.8. The molecule has 1 aliphatic heterocycles. The van der Waals surface area contributed by atoms with Crippen molar-refractivity contribution in [1.82, 2.24) is 10.2 Å². The summed E-state index contributed by atoms with van der Waals surface area (Å²) in [6.07, 6.45) is -3.19. The third kappa shape index (κ3) is 4.02. The number of benzene rings is 2. The van der Waals surface area contributed by atoms with Gasteiger partial charge >= 0.3 is 12.1 Å². The summed E-state index contributed by atoms with van der Waals surface area (Å²) in [6.45, 7) is 0.133. The molecule has 0 bridgehead atoms. The lowest BCUT2D eigenvalue weighted by atomic mass is 9.98. The number of rotatable bonds is 7. The molecule has 184 valence electrons. The van der Waals surface area contributed by atoms with Crippen LogP contribution in [0.15, 0.2) is 48.5 Å². The monoisotopic (exact) mass is 484 g/mol. The number of ether oxygens (including phenoxy) is 1. The highest BCUT2D eigenvalue weighted by molar-refractivity contribution is 5.94. The maximum absolute atomic E-state index is 13.3. The van der Waals surface area contributed by atoms with E-state index in [1.165, 1.54) is 4.90 Å². The van der Waals surface area contributed by atoms with Crippen molar-refractivity contribution in [2.24, 2.45) is 5.92 Å². The lowest BCUT2D eigenvalue weighted by Crippen LogP contribution is -2.58. The predicted octanol–water partition coefficient (Wildman–Crippen LogP) is 4.01. The van der Waals surface area contributed by atoms with Crippen molar-refractivity contribution >= 4 is 18.0 Å². The summed E-state index contributed by atoms with van der Waals surface area (Å²) in [6, 6.07) is 14.0. The Hall–Kier alpha value is -3.49. The van der Waals surface area contributed by atoms with Crippen molar-refractivity contribution in [2.45, 2.75) is 49.6 Å². The number of nitrogens with one attached hydrogen (secondary N) is 1. The number of alkyl halides is 2. The molecule has 35 heavy (non-hydrogen) atoms. The molecule has 0 spiro atoms. The minimum atomic E-state index is -2.86. The molecule has 2 fully saturated rings. The van der Waals surface area contributed by atoms with Crippen LogP contribution in [0.1, 0.15) is 42.7 Å². The van der Waals surface area contributed by atoms with Gasteiger partial charge in [-0.05, 0) is 47.4 Å². The van der Waals surface area contributed by atoms with Crippen LogP contribution in [0, 0.1) is 5.92 Å². The zero-order valence-corrected chi connectivity index (χ0v) is 19.0. The average molecular weight is 484 g/mol. The fraction of sp³-hybridized carbons (Fsp3) is 0.423. The summed E-state index contributed by atoms with van der Waals surface area (Å²) in [4.78, 5) is 38.9. The summed E-state index contributed by atoms with van der Waals surface area (Å²) < 4.78 is 32.0. The minimum Gasteiger partial charge on any atom is -0.479 e. The van der Waals surface area contributed by atoms with Crippen LogP contribution in [0.3, 0.4) is 0 Å². The predicted molar refractivity (Wildman–Crippen MR) is 122 cm³/mol. The molecule has 1 saturated carbocycles. The molecule has 1 saturated heterocycles. The second-order valence-electron chi connectivity index (χ2n) is 9.41. The van der Waals surface area contributed by atoms with Crippen molar-refractivity contribution in [3.63, 3.8) is 0 Å². The number of carboxylic acids is 1. The number of carbonyl (C=O) groups excluding carboxylic acids is 2. The molecule has 2 amide bonds. The number of nitrogens with zero attached hydrogens (tertiary/aromatic N) is 1. The average Bonchev–Trinajstić information content (AvgIpc) is 3.53. The van der Waals surface area contributed by atoms with Crippen LogP contribution in [-0.4, -0.2) is 59.1 Å². The van der Waals surface area contributed by atoms with E-state index in [2.05, 4.69) is 5.32 Å². The molecule has 7 nitrogen and oxygen atoms in total. The number of carbonyl (C=O) groups is 3. The Bertz CT molecular complexity index is 1130. The van der Waals surface area contributed by atoms with Gasteiger partial charge in [-0.2, -0.15) is 0 Å². The first kappa shape index (κ1) is 23.3. The number of halogens is 2. The number of likely N-dealkylation sites (tertiary alicyclic amines) is 1. The van der Waals surface area contributed by atoms with Gasteiger partial charge in [0.2, 0.25) is 12.3 Å². The molecular formula is C26H26F2N2O5. The molecule has 2 N–H and O–H groups in total. The smallest absolute Gasteiger partial charge is 0.407 e. The summed E-state index contributed by atoms with van der Waals surface area (Å²) in [7, 11) is 0. The van der Waals surface area contributed by atoms with E-state index in [-0.39, 0.29) is 25.0 Å². The highest BCUT2D eigenvalue weighted by Gasteiger charge is 2.67. The summed E-state index contributed by atoms with van der Waals surface area (Å²) in [5.41, 5.74) is 2.74. The zero-order valence-electron chi connectivity index (χ0n) is 19.0. The van der Waals surface area contributed by atoms with E-state index >= 15 is 0 Å². The molecule has 9 heteroatoms. The molecule has 3 aliphatic rings. The van der Waals surface area contributed by atoms with Crippen molar-refractivity contribution in [2.75, 3.05) is 13.2 Å². The molecular weight excluding hydrogens is 458 g/mol. The number of aliphatic carboxylic acids is 1. The molecule has 5 rings (SSSR count). The van der Waals surface area contributed by atoms with Gasteiger partial charge in [-0.3, -0.25) is 4.79 Å². The van der Waals surface area contributed by atoms with Crippen LogP contribution in [0.2, 0.25) is 0 Å². The van der Waals surface area contributed by atoms with E-state index < -0.39 is 42.4 Å². The van der Waals surface area contributed by atoms with E-state index in [4.69, 9.17) is 4.74 Å². The molecule has 0 radical (unpaired) electrons. The maximum Gasteiger partial charge on any atom is 0.407 e. The first-order valence-electron chi connectivity index (χ1n) is 11.8. The van der Waals surface area contributed by atoms with Gasteiger partial charge in [-0.25, -0.2) is 18.4 Å². The van der Waals surface area contributed by atoms with Gasteiger partial charge in [0, 0.05) is 18.9 Å². The number of alkyl carbamates (subject to hydrolysis) is 1. The quantitative estimate of drug-likeness (QED) is 0.619. The van der Waals surface area contributed by atoms with Crippen LogP contribution < -0.4 is 5.32 Å². The Labute approximate surface area is 201 Å². The van der Waals surface area contributed by atoms with Gasteiger partial charge in [0.05, 0.1) is 0 Å². The molecule has 1 heterocycles. The minimum absolute atomic E-state index is 0.0275. The molecule has 2 aliphatic carbocycles. The number of amides is 2. The van der Waals surface area contributed by atoms with Gasteiger partial charge in [-0.15, -0.1) is 0 Å². The molecule has 2 aromatic rings. The van der Waals surface area contributed by atoms with E-state index in [1.807, 2.05) is 48.5 Å². The van der Waals surface area contributed by atoms with Crippen LogP contribution >= 0.6 is 0 Å². The Morgan fingerprint density at radius 1 is 1.09 bits per heavy atom. The van der Waals surface area contributed by atoms with E-state index in [1.54, 1.807) is 0 Å². The normalized spacial score (nSPS) is 23.2. The Kier molecular flexibility index (Phi) is 5.94. The number of fused-ring (bicyclic) bond motifs is 4. The molecule has 3 unspecified atom stereocenters. The van der Waals surface area contributed by atoms with E-state index in [9.17, 15) is 28.3 Å². The second-order valence-corrected chi connectivity index (χ2v) is 9.41. The SMILES string of the molecule is O=C(NC(CC(F)F)C(=O)N1CCCC2CC21C(=O)O)OCC1c2ccccc2-c2ccccc21.